The topological polar surface area (TPSA) is 38.9 Å². The summed E-state index contributed by atoms with van der Waals surface area (Å²) in [6.07, 6.45) is 1.75. The van der Waals surface area contributed by atoms with Crippen molar-refractivity contribution in [2.75, 3.05) is 5.73 Å². The second-order valence-electron chi connectivity index (χ2n) is 3.05. The van der Waals surface area contributed by atoms with Crippen molar-refractivity contribution in [3.8, 4) is 10.4 Å². The first-order valence-corrected chi connectivity index (χ1v) is 5.34. The average Bonchev–Trinajstić information content (AvgIpc) is 2.56. The summed E-state index contributed by atoms with van der Waals surface area (Å²) in [6, 6.07) is 5.91. The highest BCUT2D eigenvalue weighted by molar-refractivity contribution is 7.18. The normalized spacial score (nSPS) is 10.4. The van der Waals surface area contributed by atoms with Gasteiger partial charge in [0.15, 0.2) is 5.13 Å². The maximum atomic E-state index is 6.08. The van der Waals surface area contributed by atoms with E-state index < -0.39 is 0 Å². The molecule has 0 aliphatic carbocycles. The Labute approximate surface area is 91.4 Å². The lowest BCUT2D eigenvalue weighted by atomic mass is 10.1. The Hall–Kier alpha value is -1.06. The Kier molecular flexibility index (Phi) is 2.44. The van der Waals surface area contributed by atoms with E-state index in [2.05, 4.69) is 4.98 Å². The van der Waals surface area contributed by atoms with Gasteiger partial charge in [-0.25, -0.2) is 4.98 Å². The number of anilines is 1. The molecule has 4 heteroatoms. The molecule has 14 heavy (non-hydrogen) atoms. The summed E-state index contributed by atoms with van der Waals surface area (Å²) in [6.45, 7) is 2.03. The van der Waals surface area contributed by atoms with Crippen LogP contribution in [0, 0.1) is 6.92 Å². The van der Waals surface area contributed by atoms with E-state index in [1.165, 1.54) is 16.9 Å². The Morgan fingerprint density at radius 2 is 2.21 bits per heavy atom. The zero-order chi connectivity index (χ0) is 10.1. The number of benzene rings is 1. The number of nitrogens with zero attached hydrogens (tertiary/aromatic N) is 1. The van der Waals surface area contributed by atoms with Crippen LogP contribution < -0.4 is 5.73 Å². The number of nitrogens with two attached hydrogens (primary N) is 1. The van der Waals surface area contributed by atoms with Gasteiger partial charge in [0, 0.05) is 16.8 Å². The van der Waals surface area contributed by atoms with E-state index >= 15 is 0 Å². The number of thiazole rings is 1. The number of hydrogen-bond acceptors (Lipinski definition) is 3. The van der Waals surface area contributed by atoms with E-state index in [0.717, 1.165) is 15.5 Å². The first kappa shape index (κ1) is 9.49. The molecule has 72 valence electrons. The molecule has 0 fully saturated rings. The van der Waals surface area contributed by atoms with Gasteiger partial charge in [-0.1, -0.05) is 34.6 Å². The summed E-state index contributed by atoms with van der Waals surface area (Å²) >= 11 is 7.52. The van der Waals surface area contributed by atoms with Gasteiger partial charge in [-0.3, -0.25) is 0 Å². The average molecular weight is 225 g/mol. The van der Waals surface area contributed by atoms with Crippen molar-refractivity contribution in [2.24, 2.45) is 0 Å². The highest BCUT2D eigenvalue weighted by Crippen LogP contribution is 2.33. The summed E-state index contributed by atoms with van der Waals surface area (Å²) in [5.74, 6) is 0. The lowest BCUT2D eigenvalue weighted by molar-refractivity contribution is 1.42. The summed E-state index contributed by atoms with van der Waals surface area (Å²) in [5.41, 5.74) is 7.75. The minimum atomic E-state index is 0.567. The van der Waals surface area contributed by atoms with Crippen LogP contribution in [0.4, 0.5) is 5.13 Å². The van der Waals surface area contributed by atoms with E-state index in [1.807, 2.05) is 25.1 Å². The summed E-state index contributed by atoms with van der Waals surface area (Å²) in [7, 11) is 0. The van der Waals surface area contributed by atoms with Crippen LogP contribution in [0.3, 0.4) is 0 Å². The van der Waals surface area contributed by atoms with Crippen molar-refractivity contribution in [1.29, 1.82) is 0 Å². The number of halogens is 1. The third kappa shape index (κ3) is 1.74. The van der Waals surface area contributed by atoms with Crippen LogP contribution in [0.15, 0.2) is 24.4 Å². The lowest BCUT2D eigenvalue weighted by Crippen LogP contribution is -1.77. The van der Waals surface area contributed by atoms with Crippen LogP contribution in [-0.4, -0.2) is 4.98 Å². The molecule has 0 saturated heterocycles. The second-order valence-corrected chi connectivity index (χ2v) is 4.52. The van der Waals surface area contributed by atoms with Crippen molar-refractivity contribution in [2.45, 2.75) is 6.92 Å². The largest absolute Gasteiger partial charge is 0.375 e. The Morgan fingerprint density at radius 1 is 1.43 bits per heavy atom. The van der Waals surface area contributed by atoms with Gasteiger partial charge in [-0.15, -0.1) is 0 Å². The molecule has 1 aromatic heterocycles. The van der Waals surface area contributed by atoms with Crippen LogP contribution >= 0.6 is 22.9 Å². The first-order valence-electron chi connectivity index (χ1n) is 4.14. The van der Waals surface area contributed by atoms with E-state index in [0.29, 0.717) is 5.13 Å². The smallest absolute Gasteiger partial charge is 0.180 e. The number of nitrogen functional groups attached to an aromatic ring is 1. The standard InChI is InChI=1S/C10H9ClN2S/c1-6-2-3-8(11)7(4-6)9-5-13-10(12)14-9/h2-5H,1H3,(H2,12,13). The fourth-order valence-electron chi connectivity index (χ4n) is 1.24. The second kappa shape index (κ2) is 3.59. The summed E-state index contributed by atoms with van der Waals surface area (Å²) in [5, 5.41) is 1.30. The quantitative estimate of drug-likeness (QED) is 0.807. The van der Waals surface area contributed by atoms with Gasteiger partial charge < -0.3 is 5.73 Å². The Morgan fingerprint density at radius 3 is 2.86 bits per heavy atom. The van der Waals surface area contributed by atoms with Crippen molar-refractivity contribution in [1.82, 2.24) is 4.98 Å². The molecule has 0 saturated carbocycles. The van der Waals surface area contributed by atoms with Crippen LogP contribution in [0.5, 0.6) is 0 Å². The molecule has 0 amide bonds. The van der Waals surface area contributed by atoms with Gasteiger partial charge in [0.2, 0.25) is 0 Å². The summed E-state index contributed by atoms with van der Waals surface area (Å²) in [4.78, 5) is 5.01. The van der Waals surface area contributed by atoms with Crippen LogP contribution in [0.1, 0.15) is 5.56 Å². The van der Waals surface area contributed by atoms with Gasteiger partial charge >= 0.3 is 0 Å². The molecule has 2 N–H and O–H groups in total. The van der Waals surface area contributed by atoms with Gasteiger partial charge in [0.1, 0.15) is 0 Å². The molecule has 0 spiro atoms. The zero-order valence-corrected chi connectivity index (χ0v) is 9.19. The van der Waals surface area contributed by atoms with Gasteiger partial charge in [-0.05, 0) is 19.1 Å². The van der Waals surface area contributed by atoms with E-state index in [4.69, 9.17) is 17.3 Å². The zero-order valence-electron chi connectivity index (χ0n) is 7.62. The Bertz CT molecular complexity index is 465. The molecule has 2 rings (SSSR count). The molecular formula is C10H9ClN2S. The molecule has 0 radical (unpaired) electrons. The molecule has 1 aromatic carbocycles. The molecule has 0 aliphatic rings. The molecule has 0 bridgehead atoms. The van der Waals surface area contributed by atoms with Crippen molar-refractivity contribution in [3.63, 3.8) is 0 Å². The fourth-order valence-corrected chi connectivity index (χ4v) is 2.23. The van der Waals surface area contributed by atoms with Crippen LogP contribution in [-0.2, 0) is 0 Å². The molecule has 0 aliphatic heterocycles. The minimum Gasteiger partial charge on any atom is -0.375 e. The van der Waals surface area contributed by atoms with Crippen LogP contribution in [0.2, 0.25) is 5.02 Å². The van der Waals surface area contributed by atoms with E-state index in [-0.39, 0.29) is 0 Å². The predicted molar refractivity (Wildman–Crippen MR) is 61.7 cm³/mol. The van der Waals surface area contributed by atoms with Gasteiger partial charge in [-0.2, -0.15) is 0 Å². The molecule has 0 unspecified atom stereocenters. The highest BCUT2D eigenvalue weighted by Gasteiger charge is 2.06. The van der Waals surface area contributed by atoms with Gasteiger partial charge in [0.25, 0.3) is 0 Å². The van der Waals surface area contributed by atoms with E-state index in [1.54, 1.807) is 6.20 Å². The maximum Gasteiger partial charge on any atom is 0.180 e. The lowest BCUT2D eigenvalue weighted by Gasteiger charge is -2.01. The van der Waals surface area contributed by atoms with Crippen molar-refractivity contribution in [3.05, 3.63) is 35.0 Å². The fraction of sp³-hybridized carbons (Fsp3) is 0.100. The SMILES string of the molecule is Cc1ccc(Cl)c(-c2cnc(N)s2)c1. The predicted octanol–water partition coefficient (Wildman–Crippen LogP) is 3.35. The Balaban J connectivity index is 2.55. The molecule has 2 nitrogen and oxygen atoms in total. The molecule has 0 atom stereocenters. The third-order valence-electron chi connectivity index (χ3n) is 1.91. The van der Waals surface area contributed by atoms with Crippen molar-refractivity contribution >= 4 is 28.1 Å². The van der Waals surface area contributed by atoms with Crippen LogP contribution in [0.25, 0.3) is 10.4 Å². The first-order chi connectivity index (χ1) is 6.66. The number of hydrogen-bond donors (Lipinski definition) is 1. The molecular weight excluding hydrogens is 216 g/mol. The van der Waals surface area contributed by atoms with Gasteiger partial charge in [0.05, 0.1) is 4.88 Å². The number of aromatic nitrogens is 1. The highest BCUT2D eigenvalue weighted by atomic mass is 35.5. The number of rotatable bonds is 1. The van der Waals surface area contributed by atoms with Crippen molar-refractivity contribution < 1.29 is 0 Å². The monoisotopic (exact) mass is 224 g/mol. The summed E-state index contributed by atoms with van der Waals surface area (Å²) < 4.78 is 0. The molecule has 2 aromatic rings. The number of aryl methyl sites for hydroxylation is 1. The maximum absolute atomic E-state index is 6.08. The third-order valence-corrected chi connectivity index (χ3v) is 3.10. The van der Waals surface area contributed by atoms with E-state index in [9.17, 15) is 0 Å². The molecule has 1 heterocycles. The minimum absolute atomic E-state index is 0.567.